The predicted octanol–water partition coefficient (Wildman–Crippen LogP) is 2.59. The molecule has 57 heavy (non-hydrogen) atoms. The molecule has 0 aliphatic carbocycles. The third-order valence-electron chi connectivity index (χ3n) is 11.2. The van der Waals surface area contributed by atoms with E-state index in [1.54, 1.807) is 11.3 Å². The van der Waals surface area contributed by atoms with Crippen molar-refractivity contribution in [3.63, 3.8) is 0 Å². The molecule has 2 aliphatic rings. The number of piperidine rings is 2. The average molecular weight is 791 g/mol. The number of hydrogen-bond acceptors (Lipinski definition) is 8. The van der Waals surface area contributed by atoms with E-state index in [4.69, 9.17) is 5.73 Å². The summed E-state index contributed by atoms with van der Waals surface area (Å²) in [5.41, 5.74) is 7.95. The van der Waals surface area contributed by atoms with Crippen LogP contribution < -0.4 is 37.6 Å². The van der Waals surface area contributed by atoms with Gasteiger partial charge in [0.05, 0.1) is 5.92 Å². The van der Waals surface area contributed by atoms with Crippen LogP contribution in [0.3, 0.4) is 0 Å². The molecule has 2 aromatic heterocycles. The van der Waals surface area contributed by atoms with Crippen LogP contribution in [0, 0.1) is 5.92 Å². The molecule has 4 atom stereocenters. The smallest absolute Gasteiger partial charge is 0.243 e. The van der Waals surface area contributed by atoms with Gasteiger partial charge in [-0.25, -0.2) is 0 Å². The SMILES string of the molecule is NC(=O)C1(NC(=O)[C@H](Cc2ccccc2)NC(=O)[C@@H](Cc2c[nH]c3ccccc23)NC(=O)[C@@H](Cc2csc3ccccc23)NC(=O)C2CCCNC2)CCNCC1. The number of carbonyl (C=O) groups excluding carboxylic acids is 5. The molecule has 2 fully saturated rings. The number of nitrogens with one attached hydrogen (secondary N) is 7. The maximum atomic E-state index is 14.6. The number of fused-ring (bicyclic) bond motifs is 2. The van der Waals surface area contributed by atoms with Crippen LogP contribution in [-0.2, 0) is 43.2 Å². The van der Waals surface area contributed by atoms with Crippen molar-refractivity contribution in [2.45, 2.75) is 68.6 Å². The summed E-state index contributed by atoms with van der Waals surface area (Å²) in [6.07, 6.45) is 4.42. The van der Waals surface area contributed by atoms with Gasteiger partial charge in [0.1, 0.15) is 23.7 Å². The van der Waals surface area contributed by atoms with Gasteiger partial charge in [-0.2, -0.15) is 0 Å². The van der Waals surface area contributed by atoms with Crippen molar-refractivity contribution in [3.05, 3.63) is 107 Å². The van der Waals surface area contributed by atoms with Gasteiger partial charge in [0.15, 0.2) is 0 Å². The molecular formula is C43H50N8O5S. The Bertz CT molecular complexity index is 2210. The van der Waals surface area contributed by atoms with Crippen LogP contribution in [0.2, 0.25) is 0 Å². The van der Waals surface area contributed by atoms with E-state index in [0.717, 1.165) is 50.6 Å². The van der Waals surface area contributed by atoms with Crippen LogP contribution in [0.25, 0.3) is 21.0 Å². The molecule has 2 aliphatic heterocycles. The first-order valence-electron chi connectivity index (χ1n) is 19.7. The summed E-state index contributed by atoms with van der Waals surface area (Å²) in [6, 6.07) is 21.6. The summed E-state index contributed by atoms with van der Waals surface area (Å²) in [5, 5.41) is 22.2. The number of rotatable bonds is 15. The fraction of sp³-hybridized carbons (Fsp3) is 0.372. The molecule has 0 radical (unpaired) electrons. The Labute approximate surface area is 335 Å². The summed E-state index contributed by atoms with van der Waals surface area (Å²) < 4.78 is 1.07. The summed E-state index contributed by atoms with van der Waals surface area (Å²) in [6.45, 7) is 2.34. The first-order valence-corrected chi connectivity index (χ1v) is 20.6. The lowest BCUT2D eigenvalue weighted by Gasteiger charge is -2.36. The normalized spacial score (nSPS) is 18.2. The van der Waals surface area contributed by atoms with Crippen molar-refractivity contribution in [2.75, 3.05) is 26.2 Å². The lowest BCUT2D eigenvalue weighted by atomic mass is 9.87. The highest BCUT2D eigenvalue weighted by Gasteiger charge is 2.41. The van der Waals surface area contributed by atoms with E-state index in [0.29, 0.717) is 38.9 Å². The highest BCUT2D eigenvalue weighted by molar-refractivity contribution is 7.17. The molecule has 5 amide bonds. The number of aromatic amines is 1. The summed E-state index contributed by atoms with van der Waals surface area (Å²) >= 11 is 1.57. The lowest BCUT2D eigenvalue weighted by molar-refractivity contribution is -0.136. The molecule has 7 rings (SSSR count). The summed E-state index contributed by atoms with van der Waals surface area (Å²) in [7, 11) is 0. The van der Waals surface area contributed by atoms with Gasteiger partial charge in [-0.05, 0) is 84.9 Å². The second-order valence-corrected chi connectivity index (χ2v) is 16.0. The fourth-order valence-corrected chi connectivity index (χ4v) is 8.90. The minimum absolute atomic E-state index is 0.0900. The molecule has 4 heterocycles. The van der Waals surface area contributed by atoms with Gasteiger partial charge in [-0.15, -0.1) is 11.3 Å². The third-order valence-corrected chi connectivity index (χ3v) is 12.2. The zero-order valence-electron chi connectivity index (χ0n) is 31.8. The van der Waals surface area contributed by atoms with Crippen LogP contribution in [0.1, 0.15) is 42.4 Å². The Balaban J connectivity index is 1.19. The van der Waals surface area contributed by atoms with Crippen molar-refractivity contribution in [2.24, 2.45) is 11.7 Å². The zero-order valence-corrected chi connectivity index (χ0v) is 32.6. The van der Waals surface area contributed by atoms with Crippen molar-refractivity contribution >= 4 is 61.9 Å². The van der Waals surface area contributed by atoms with Gasteiger partial charge in [0, 0.05) is 47.6 Å². The predicted molar refractivity (Wildman–Crippen MR) is 221 cm³/mol. The highest BCUT2D eigenvalue weighted by Crippen LogP contribution is 2.27. The van der Waals surface area contributed by atoms with Crippen LogP contribution in [-0.4, -0.2) is 84.4 Å². The number of H-pyrrole nitrogens is 1. The van der Waals surface area contributed by atoms with E-state index in [2.05, 4.69) is 36.9 Å². The molecule has 13 nitrogen and oxygen atoms in total. The standard InChI is InChI=1S/C43H50N8O5S/c44-42(56)43(16-19-45-20-17-43)51-41(55)34(21-27-9-2-1-3-10-27)49-39(53)35(22-29-25-47-33-14-6-4-12-31(29)33)50-40(54)36(48-38(52)28-11-8-18-46-24-28)23-30-26-57-37-15-7-5-13-32(30)37/h1-7,9-10,12-15,25-26,28,34-36,45-47H,8,11,16-24H2,(H2,44,56)(H,48,52)(H,49,53)(H,50,54)(H,51,55)/t28?,34-,35+,36+/m0/s1. The van der Waals surface area contributed by atoms with Crippen LogP contribution in [0.4, 0.5) is 0 Å². The van der Waals surface area contributed by atoms with Gasteiger partial charge in [-0.3, -0.25) is 24.0 Å². The van der Waals surface area contributed by atoms with E-state index >= 15 is 0 Å². The minimum Gasteiger partial charge on any atom is -0.368 e. The molecule has 0 saturated carbocycles. The first-order chi connectivity index (χ1) is 27.7. The van der Waals surface area contributed by atoms with E-state index < -0.39 is 47.3 Å². The molecule has 9 N–H and O–H groups in total. The fourth-order valence-electron chi connectivity index (χ4n) is 7.93. The van der Waals surface area contributed by atoms with Crippen LogP contribution in [0.15, 0.2) is 90.4 Å². The molecule has 298 valence electrons. The van der Waals surface area contributed by atoms with E-state index in [1.165, 1.54) is 0 Å². The first kappa shape index (κ1) is 39.7. The maximum Gasteiger partial charge on any atom is 0.243 e. The van der Waals surface area contributed by atoms with Crippen molar-refractivity contribution in [3.8, 4) is 0 Å². The number of nitrogens with two attached hydrogens (primary N) is 1. The number of primary amides is 1. The average Bonchev–Trinajstić information content (AvgIpc) is 3.84. The molecule has 3 aromatic carbocycles. The van der Waals surface area contributed by atoms with Crippen LogP contribution in [0.5, 0.6) is 0 Å². The van der Waals surface area contributed by atoms with Crippen LogP contribution >= 0.6 is 11.3 Å². The molecule has 0 spiro atoms. The van der Waals surface area contributed by atoms with Crippen molar-refractivity contribution < 1.29 is 24.0 Å². The Morgan fingerprint density at radius 2 is 1.37 bits per heavy atom. The Morgan fingerprint density at radius 3 is 2.09 bits per heavy atom. The molecular weight excluding hydrogens is 741 g/mol. The molecule has 1 unspecified atom stereocenters. The van der Waals surface area contributed by atoms with Gasteiger partial charge < -0.3 is 42.6 Å². The van der Waals surface area contributed by atoms with Gasteiger partial charge in [-0.1, -0.05) is 66.7 Å². The third kappa shape index (κ3) is 9.53. The highest BCUT2D eigenvalue weighted by atomic mass is 32.1. The van der Waals surface area contributed by atoms with E-state index in [-0.39, 0.29) is 31.1 Å². The number of amides is 5. The summed E-state index contributed by atoms with van der Waals surface area (Å²) in [5.74, 6) is -2.82. The largest absolute Gasteiger partial charge is 0.368 e. The second kappa shape index (κ2) is 18.1. The topological polar surface area (TPSA) is 199 Å². The maximum absolute atomic E-state index is 14.6. The quantitative estimate of drug-likeness (QED) is 0.0797. The summed E-state index contributed by atoms with van der Waals surface area (Å²) in [4.78, 5) is 73.0. The Hall–Kier alpha value is -5.57. The van der Waals surface area contributed by atoms with E-state index in [1.807, 2.05) is 90.4 Å². The van der Waals surface area contributed by atoms with Gasteiger partial charge in [0.25, 0.3) is 0 Å². The number of para-hydroxylation sites is 1. The zero-order chi connectivity index (χ0) is 39.8. The monoisotopic (exact) mass is 790 g/mol. The number of hydrogen-bond donors (Lipinski definition) is 8. The second-order valence-electron chi connectivity index (χ2n) is 15.1. The molecule has 5 aromatic rings. The van der Waals surface area contributed by atoms with Crippen molar-refractivity contribution in [1.29, 1.82) is 0 Å². The number of benzene rings is 3. The minimum atomic E-state index is -1.27. The molecule has 0 bridgehead atoms. The molecule has 2 saturated heterocycles. The number of aromatic nitrogens is 1. The Morgan fingerprint density at radius 1 is 0.719 bits per heavy atom. The molecule has 14 heteroatoms. The van der Waals surface area contributed by atoms with Gasteiger partial charge >= 0.3 is 0 Å². The van der Waals surface area contributed by atoms with Gasteiger partial charge in [0.2, 0.25) is 29.5 Å². The van der Waals surface area contributed by atoms with E-state index in [9.17, 15) is 24.0 Å². The Kier molecular flexibility index (Phi) is 12.6. The number of thiophene rings is 1. The lowest BCUT2D eigenvalue weighted by Crippen LogP contribution is -2.65. The van der Waals surface area contributed by atoms with Crippen molar-refractivity contribution in [1.82, 2.24) is 36.9 Å². The number of carbonyl (C=O) groups is 5.